The first-order chi connectivity index (χ1) is 8.16. The van der Waals surface area contributed by atoms with E-state index in [9.17, 15) is 10.1 Å². The second-order valence-electron chi connectivity index (χ2n) is 3.25. The Bertz CT molecular complexity index is 540. The standard InChI is InChI=1S/C11H9N3O3/c12-10-2-1-7-13-11(10)17-9-5-3-8(4-6-9)14(15)16/h1-7H,12H2. The van der Waals surface area contributed by atoms with Gasteiger partial charge in [-0.1, -0.05) is 0 Å². The molecule has 0 aliphatic rings. The highest BCUT2D eigenvalue weighted by molar-refractivity contribution is 5.49. The van der Waals surface area contributed by atoms with E-state index in [0.717, 1.165) is 0 Å². The Morgan fingerprint density at radius 2 is 1.94 bits per heavy atom. The Morgan fingerprint density at radius 1 is 1.24 bits per heavy atom. The van der Waals surface area contributed by atoms with Crippen molar-refractivity contribution in [1.29, 1.82) is 0 Å². The zero-order valence-electron chi connectivity index (χ0n) is 8.74. The maximum Gasteiger partial charge on any atom is 0.269 e. The fourth-order valence-corrected chi connectivity index (χ4v) is 1.24. The summed E-state index contributed by atoms with van der Waals surface area (Å²) in [5.41, 5.74) is 6.06. The molecule has 1 heterocycles. The average Bonchev–Trinajstić information content (AvgIpc) is 2.33. The number of nitrogens with zero attached hydrogens (tertiary/aromatic N) is 2. The maximum absolute atomic E-state index is 10.5. The molecule has 0 atom stereocenters. The van der Waals surface area contributed by atoms with Crippen LogP contribution < -0.4 is 10.5 Å². The number of pyridine rings is 1. The third-order valence-electron chi connectivity index (χ3n) is 2.06. The smallest absolute Gasteiger partial charge is 0.269 e. The molecule has 0 aliphatic carbocycles. The lowest BCUT2D eigenvalue weighted by atomic mass is 10.3. The predicted octanol–water partition coefficient (Wildman–Crippen LogP) is 2.36. The second kappa shape index (κ2) is 4.48. The number of aromatic nitrogens is 1. The summed E-state index contributed by atoms with van der Waals surface area (Å²) in [7, 11) is 0. The zero-order valence-corrected chi connectivity index (χ0v) is 8.74. The normalized spacial score (nSPS) is 9.88. The maximum atomic E-state index is 10.5. The van der Waals surface area contributed by atoms with Crippen LogP contribution in [0.2, 0.25) is 0 Å². The molecule has 6 nitrogen and oxygen atoms in total. The molecule has 0 spiro atoms. The van der Waals surface area contributed by atoms with Crippen molar-refractivity contribution in [2.75, 3.05) is 5.73 Å². The van der Waals surface area contributed by atoms with Gasteiger partial charge >= 0.3 is 0 Å². The Kier molecular flexibility index (Phi) is 2.87. The van der Waals surface area contributed by atoms with Crippen LogP contribution in [-0.2, 0) is 0 Å². The largest absolute Gasteiger partial charge is 0.437 e. The Morgan fingerprint density at radius 3 is 2.53 bits per heavy atom. The molecule has 2 aromatic rings. The molecule has 1 aromatic carbocycles. The second-order valence-corrected chi connectivity index (χ2v) is 3.25. The van der Waals surface area contributed by atoms with E-state index in [2.05, 4.69) is 4.98 Å². The number of hydrogen-bond acceptors (Lipinski definition) is 5. The summed E-state index contributed by atoms with van der Waals surface area (Å²) in [4.78, 5) is 13.9. The van der Waals surface area contributed by atoms with E-state index in [1.54, 1.807) is 18.3 Å². The van der Waals surface area contributed by atoms with Crippen LogP contribution in [0.4, 0.5) is 11.4 Å². The summed E-state index contributed by atoms with van der Waals surface area (Å²) >= 11 is 0. The number of nitro benzene ring substituents is 1. The van der Waals surface area contributed by atoms with Crippen LogP contribution in [0.1, 0.15) is 0 Å². The fraction of sp³-hybridized carbons (Fsp3) is 0. The SMILES string of the molecule is Nc1cccnc1Oc1ccc([N+](=O)[O-])cc1. The highest BCUT2D eigenvalue weighted by Gasteiger charge is 2.06. The van der Waals surface area contributed by atoms with Crippen molar-refractivity contribution in [1.82, 2.24) is 4.98 Å². The molecule has 17 heavy (non-hydrogen) atoms. The van der Waals surface area contributed by atoms with Crippen LogP contribution >= 0.6 is 0 Å². The number of nitro groups is 1. The van der Waals surface area contributed by atoms with Crippen molar-refractivity contribution in [3.8, 4) is 11.6 Å². The Hall–Kier alpha value is -2.63. The van der Waals surface area contributed by atoms with Gasteiger partial charge in [-0.15, -0.1) is 0 Å². The summed E-state index contributed by atoms with van der Waals surface area (Å²) < 4.78 is 5.39. The van der Waals surface area contributed by atoms with Crippen LogP contribution in [0.5, 0.6) is 11.6 Å². The van der Waals surface area contributed by atoms with Crippen LogP contribution in [0.25, 0.3) is 0 Å². The molecule has 0 saturated heterocycles. The number of rotatable bonds is 3. The number of anilines is 1. The number of ether oxygens (including phenoxy) is 1. The molecule has 0 fully saturated rings. The third kappa shape index (κ3) is 2.49. The van der Waals surface area contributed by atoms with Crippen molar-refractivity contribution >= 4 is 11.4 Å². The van der Waals surface area contributed by atoms with E-state index >= 15 is 0 Å². The number of hydrogen-bond donors (Lipinski definition) is 1. The van der Waals surface area contributed by atoms with E-state index < -0.39 is 4.92 Å². The van der Waals surface area contributed by atoms with Gasteiger partial charge in [-0.3, -0.25) is 10.1 Å². The molecule has 0 radical (unpaired) electrons. The van der Waals surface area contributed by atoms with Gasteiger partial charge in [0.15, 0.2) is 0 Å². The van der Waals surface area contributed by atoms with Crippen molar-refractivity contribution in [3.05, 3.63) is 52.7 Å². The van der Waals surface area contributed by atoms with E-state index in [1.807, 2.05) is 0 Å². The molecule has 6 heteroatoms. The molecule has 1 aromatic heterocycles. The van der Waals surface area contributed by atoms with Crippen LogP contribution in [0.3, 0.4) is 0 Å². The van der Waals surface area contributed by atoms with Crippen LogP contribution in [-0.4, -0.2) is 9.91 Å². The fourth-order valence-electron chi connectivity index (χ4n) is 1.24. The van der Waals surface area contributed by atoms with E-state index in [0.29, 0.717) is 11.4 Å². The Balaban J connectivity index is 2.20. The summed E-state index contributed by atoms with van der Waals surface area (Å²) in [5.74, 6) is 0.724. The lowest BCUT2D eigenvalue weighted by Gasteiger charge is -2.05. The van der Waals surface area contributed by atoms with E-state index in [1.165, 1.54) is 24.3 Å². The van der Waals surface area contributed by atoms with Gasteiger partial charge in [-0.25, -0.2) is 4.98 Å². The number of benzene rings is 1. The molecular weight excluding hydrogens is 222 g/mol. The molecule has 0 amide bonds. The lowest BCUT2D eigenvalue weighted by molar-refractivity contribution is -0.384. The Labute approximate surface area is 96.8 Å². The van der Waals surface area contributed by atoms with Crippen molar-refractivity contribution in [3.63, 3.8) is 0 Å². The predicted molar refractivity (Wildman–Crippen MR) is 61.8 cm³/mol. The minimum absolute atomic E-state index is 0.00587. The number of nitrogens with two attached hydrogens (primary N) is 1. The van der Waals surface area contributed by atoms with Crippen molar-refractivity contribution in [2.24, 2.45) is 0 Å². The molecule has 2 N–H and O–H groups in total. The van der Waals surface area contributed by atoms with Gasteiger partial charge in [0.25, 0.3) is 5.69 Å². The molecule has 86 valence electrons. The first-order valence-electron chi connectivity index (χ1n) is 4.79. The van der Waals surface area contributed by atoms with Crippen LogP contribution in [0.15, 0.2) is 42.6 Å². The van der Waals surface area contributed by atoms with Gasteiger partial charge in [0.2, 0.25) is 5.88 Å². The highest BCUT2D eigenvalue weighted by atomic mass is 16.6. The lowest BCUT2D eigenvalue weighted by Crippen LogP contribution is -1.94. The quantitative estimate of drug-likeness (QED) is 0.646. The van der Waals surface area contributed by atoms with Gasteiger partial charge in [-0.05, 0) is 24.3 Å². The first kappa shape index (κ1) is 10.9. The molecular formula is C11H9N3O3. The number of nitrogen functional groups attached to an aromatic ring is 1. The monoisotopic (exact) mass is 231 g/mol. The summed E-state index contributed by atoms with van der Waals surface area (Å²) in [6.45, 7) is 0. The summed E-state index contributed by atoms with van der Waals surface area (Å²) in [5, 5.41) is 10.5. The molecule has 0 unspecified atom stereocenters. The summed E-state index contributed by atoms with van der Waals surface area (Å²) in [6, 6.07) is 9.05. The first-order valence-corrected chi connectivity index (χ1v) is 4.79. The topological polar surface area (TPSA) is 91.3 Å². The van der Waals surface area contributed by atoms with Gasteiger partial charge in [0.05, 0.1) is 10.6 Å². The van der Waals surface area contributed by atoms with Gasteiger partial charge in [-0.2, -0.15) is 0 Å². The van der Waals surface area contributed by atoms with E-state index in [-0.39, 0.29) is 11.6 Å². The van der Waals surface area contributed by atoms with Crippen molar-refractivity contribution in [2.45, 2.75) is 0 Å². The van der Waals surface area contributed by atoms with Gasteiger partial charge in [0, 0.05) is 18.3 Å². The highest BCUT2D eigenvalue weighted by Crippen LogP contribution is 2.25. The number of non-ortho nitro benzene ring substituents is 1. The summed E-state index contributed by atoms with van der Waals surface area (Å²) in [6.07, 6.45) is 1.55. The van der Waals surface area contributed by atoms with Crippen LogP contribution in [0, 0.1) is 10.1 Å². The molecule has 0 saturated carbocycles. The zero-order chi connectivity index (χ0) is 12.3. The third-order valence-corrected chi connectivity index (χ3v) is 2.06. The van der Waals surface area contributed by atoms with Crippen molar-refractivity contribution < 1.29 is 9.66 Å². The van der Waals surface area contributed by atoms with E-state index in [4.69, 9.17) is 10.5 Å². The molecule has 0 aliphatic heterocycles. The van der Waals surface area contributed by atoms with Gasteiger partial charge < -0.3 is 10.5 Å². The minimum atomic E-state index is -0.473. The average molecular weight is 231 g/mol. The minimum Gasteiger partial charge on any atom is -0.437 e. The molecule has 0 bridgehead atoms. The molecule has 2 rings (SSSR count). The van der Waals surface area contributed by atoms with Gasteiger partial charge in [0.1, 0.15) is 5.75 Å².